The van der Waals surface area contributed by atoms with Crippen molar-refractivity contribution in [2.75, 3.05) is 6.54 Å². The Bertz CT molecular complexity index is 538. The molecule has 6 nitrogen and oxygen atoms in total. The average molecular weight is 365 g/mol. The molecule has 0 amide bonds. The number of carboxylic acid groups (broad SMARTS) is 2. The topological polar surface area (TPSA) is 114 Å². The monoisotopic (exact) mass is 365 g/mol. The van der Waals surface area contributed by atoms with Crippen LogP contribution >= 0.6 is 0 Å². The van der Waals surface area contributed by atoms with Crippen LogP contribution in [0.2, 0.25) is 0 Å². The second-order valence-corrected chi connectivity index (χ2v) is 6.98. The van der Waals surface area contributed by atoms with E-state index in [1.165, 1.54) is 44.1 Å². The van der Waals surface area contributed by atoms with Crippen molar-refractivity contribution in [2.45, 2.75) is 64.4 Å². The molecule has 0 aromatic heterocycles. The van der Waals surface area contributed by atoms with Gasteiger partial charge < -0.3 is 25.5 Å². The number of carbonyl (C=O) groups is 2. The Balaban J connectivity index is 0.000000487. The molecule has 26 heavy (non-hydrogen) atoms. The standard InChI is InChI=1S/C18H29NO.C2H2O4/c1-14(2)20-17-10-8-16(9-11-17)18(12-13-19)15-6-4-3-5-7-15;3-1(4)2(5)6/h8-11,14-15,18H,3-7,12-13,19H2,1-2H3;(H,3,4)(H,5,6). The van der Waals surface area contributed by atoms with E-state index in [2.05, 4.69) is 43.8 Å². The fourth-order valence-corrected chi connectivity index (χ4v) is 3.50. The molecule has 0 aliphatic heterocycles. The first kappa shape index (κ1) is 22.0. The number of hydrogen-bond acceptors (Lipinski definition) is 4. The number of hydrogen-bond donors (Lipinski definition) is 2. The number of quaternary nitrogens is 1. The first-order valence-electron chi connectivity index (χ1n) is 9.35. The Morgan fingerprint density at radius 2 is 1.73 bits per heavy atom. The minimum atomic E-state index is -2.07. The predicted octanol–water partition coefficient (Wildman–Crippen LogP) is 1.59. The van der Waals surface area contributed by atoms with Gasteiger partial charge in [0.15, 0.2) is 5.97 Å². The van der Waals surface area contributed by atoms with Gasteiger partial charge in [0.2, 0.25) is 0 Å². The van der Waals surface area contributed by atoms with E-state index < -0.39 is 11.9 Å². The summed E-state index contributed by atoms with van der Waals surface area (Å²) in [5.41, 5.74) is 5.56. The second-order valence-electron chi connectivity index (χ2n) is 6.98. The highest BCUT2D eigenvalue weighted by molar-refractivity contribution is 6.26. The van der Waals surface area contributed by atoms with E-state index in [0.29, 0.717) is 5.92 Å². The molecule has 1 atom stereocenters. The van der Waals surface area contributed by atoms with Crippen molar-refractivity contribution in [1.82, 2.24) is 0 Å². The van der Waals surface area contributed by atoms with E-state index in [1.54, 1.807) is 0 Å². The molecular weight excluding hydrogens is 334 g/mol. The smallest absolute Gasteiger partial charge is 0.351 e. The fourth-order valence-electron chi connectivity index (χ4n) is 3.50. The molecule has 4 N–H and O–H groups in total. The summed E-state index contributed by atoms with van der Waals surface area (Å²) in [6.45, 7) is 5.18. The maximum absolute atomic E-state index is 9.04. The molecule has 146 valence electrons. The average Bonchev–Trinajstić information content (AvgIpc) is 2.61. The van der Waals surface area contributed by atoms with Crippen molar-refractivity contribution in [3.8, 4) is 5.75 Å². The summed E-state index contributed by atoms with van der Waals surface area (Å²) < 4.78 is 5.74. The van der Waals surface area contributed by atoms with Crippen LogP contribution < -0.4 is 15.6 Å². The lowest BCUT2D eigenvalue weighted by Gasteiger charge is -2.30. The first-order valence-corrected chi connectivity index (χ1v) is 9.35. The summed E-state index contributed by atoms with van der Waals surface area (Å²) in [5.74, 6) is -1.46. The van der Waals surface area contributed by atoms with Crippen molar-refractivity contribution in [3.63, 3.8) is 0 Å². The highest BCUT2D eigenvalue weighted by Gasteiger charge is 2.25. The van der Waals surface area contributed by atoms with Gasteiger partial charge in [-0.25, -0.2) is 4.79 Å². The van der Waals surface area contributed by atoms with Crippen LogP contribution in [0.25, 0.3) is 0 Å². The second kappa shape index (κ2) is 11.5. The van der Waals surface area contributed by atoms with E-state index in [0.717, 1.165) is 18.2 Å². The Morgan fingerprint density at radius 1 is 1.19 bits per heavy atom. The molecule has 0 saturated heterocycles. The molecule has 2 rings (SSSR count). The number of carboxylic acids is 2. The van der Waals surface area contributed by atoms with Crippen LogP contribution in [0.5, 0.6) is 5.75 Å². The third kappa shape index (κ3) is 7.87. The van der Waals surface area contributed by atoms with Gasteiger partial charge in [-0.3, -0.25) is 0 Å². The molecule has 0 radical (unpaired) electrons. The quantitative estimate of drug-likeness (QED) is 0.743. The molecule has 1 aromatic rings. The molecule has 1 aromatic carbocycles. The van der Waals surface area contributed by atoms with Gasteiger partial charge in [-0.2, -0.15) is 0 Å². The zero-order valence-corrected chi connectivity index (χ0v) is 15.8. The zero-order valence-electron chi connectivity index (χ0n) is 15.8. The summed E-state index contributed by atoms with van der Waals surface area (Å²) in [7, 11) is 0. The van der Waals surface area contributed by atoms with E-state index in [4.69, 9.17) is 24.5 Å². The molecule has 0 spiro atoms. The Hall–Kier alpha value is -2.08. The number of aliphatic carboxylic acids is 2. The molecule has 6 heteroatoms. The maximum Gasteiger partial charge on any atom is 0.351 e. The SMILES string of the molecule is CC(C)Oc1ccc(C(CC[NH3+])C2CCCCC2)cc1.O=C([O-])C(=O)O. The lowest BCUT2D eigenvalue weighted by molar-refractivity contribution is -0.369. The van der Waals surface area contributed by atoms with Crippen LogP contribution in [-0.2, 0) is 9.59 Å². The summed E-state index contributed by atoms with van der Waals surface area (Å²) in [6.07, 6.45) is 8.50. The minimum Gasteiger partial charge on any atom is -0.539 e. The summed E-state index contributed by atoms with van der Waals surface area (Å²) in [4.78, 5) is 18.0. The van der Waals surface area contributed by atoms with E-state index >= 15 is 0 Å². The summed E-state index contributed by atoms with van der Waals surface area (Å²) in [5, 5.41) is 16.3. The zero-order chi connectivity index (χ0) is 19.5. The van der Waals surface area contributed by atoms with Gasteiger partial charge in [-0.15, -0.1) is 0 Å². The molecule has 0 bridgehead atoms. The molecular formula is C20H31NO5. The molecule has 1 aliphatic carbocycles. The van der Waals surface area contributed by atoms with Crippen LogP contribution in [0.3, 0.4) is 0 Å². The predicted molar refractivity (Wildman–Crippen MR) is 96.5 cm³/mol. The number of rotatable bonds is 6. The van der Waals surface area contributed by atoms with E-state index in [9.17, 15) is 0 Å². The van der Waals surface area contributed by atoms with Gasteiger partial charge in [0.05, 0.1) is 12.6 Å². The fraction of sp³-hybridized carbons (Fsp3) is 0.600. The van der Waals surface area contributed by atoms with Crippen molar-refractivity contribution in [3.05, 3.63) is 29.8 Å². The molecule has 1 saturated carbocycles. The highest BCUT2D eigenvalue weighted by atomic mass is 16.5. The van der Waals surface area contributed by atoms with Crippen LogP contribution in [0.15, 0.2) is 24.3 Å². The highest BCUT2D eigenvalue weighted by Crippen LogP contribution is 2.38. The third-order valence-corrected chi connectivity index (χ3v) is 4.59. The minimum absolute atomic E-state index is 0.245. The van der Waals surface area contributed by atoms with Crippen molar-refractivity contribution >= 4 is 11.9 Å². The Labute approximate surface area is 155 Å². The van der Waals surface area contributed by atoms with Gasteiger partial charge in [0, 0.05) is 6.42 Å². The first-order chi connectivity index (χ1) is 12.3. The van der Waals surface area contributed by atoms with Gasteiger partial charge in [-0.05, 0) is 56.2 Å². The van der Waals surface area contributed by atoms with Crippen molar-refractivity contribution in [1.29, 1.82) is 0 Å². The van der Waals surface area contributed by atoms with Crippen LogP contribution in [0.4, 0.5) is 0 Å². The van der Waals surface area contributed by atoms with Gasteiger partial charge in [0.1, 0.15) is 5.75 Å². The van der Waals surface area contributed by atoms with Gasteiger partial charge in [0.25, 0.3) is 0 Å². The van der Waals surface area contributed by atoms with Crippen LogP contribution in [-0.4, -0.2) is 29.7 Å². The number of benzene rings is 1. The van der Waals surface area contributed by atoms with Gasteiger partial charge >= 0.3 is 5.97 Å². The summed E-state index contributed by atoms with van der Waals surface area (Å²) >= 11 is 0. The largest absolute Gasteiger partial charge is 0.539 e. The lowest BCUT2D eigenvalue weighted by Crippen LogP contribution is -2.51. The van der Waals surface area contributed by atoms with Crippen molar-refractivity contribution < 1.29 is 30.3 Å². The Morgan fingerprint density at radius 3 is 2.15 bits per heavy atom. The van der Waals surface area contributed by atoms with Gasteiger partial charge in [-0.1, -0.05) is 31.4 Å². The van der Waals surface area contributed by atoms with E-state index in [-0.39, 0.29) is 6.10 Å². The van der Waals surface area contributed by atoms with Crippen LogP contribution in [0.1, 0.15) is 63.9 Å². The third-order valence-electron chi connectivity index (χ3n) is 4.59. The number of ether oxygens (including phenoxy) is 1. The maximum atomic E-state index is 9.04. The normalized spacial score (nSPS) is 15.7. The lowest BCUT2D eigenvalue weighted by atomic mass is 9.75. The Kier molecular flexibility index (Phi) is 9.73. The van der Waals surface area contributed by atoms with E-state index in [1.807, 2.05) is 0 Å². The molecule has 1 aliphatic rings. The molecule has 1 fully saturated rings. The molecule has 1 unspecified atom stereocenters. The van der Waals surface area contributed by atoms with Crippen LogP contribution in [0, 0.1) is 5.92 Å². The van der Waals surface area contributed by atoms with Crippen molar-refractivity contribution in [2.24, 2.45) is 5.92 Å². The number of carbonyl (C=O) groups excluding carboxylic acids is 1. The summed E-state index contributed by atoms with van der Waals surface area (Å²) in [6, 6.07) is 8.81. The molecule has 0 heterocycles.